The van der Waals surface area contributed by atoms with Gasteiger partial charge in [0.1, 0.15) is 0 Å². The molecule has 0 aromatic rings. The van der Waals surface area contributed by atoms with Crippen LogP contribution in [0.15, 0.2) is 0 Å². The van der Waals surface area contributed by atoms with Crippen molar-refractivity contribution in [2.24, 2.45) is 0 Å². The molecule has 0 bridgehead atoms. The molecule has 0 saturated heterocycles. The topological polar surface area (TPSA) is 0 Å². The van der Waals surface area contributed by atoms with Crippen molar-refractivity contribution in [3.8, 4) is 0 Å². The zero-order chi connectivity index (χ0) is 0. The molecule has 0 amide bonds. The van der Waals surface area contributed by atoms with E-state index >= 15 is 0 Å². The standard InChI is InChI=1S/Ag.Cr.Ni.V. The fraction of sp³-hybridized carbons (Fsp3) is 0. The Hall–Kier alpha value is 2.35. The van der Waals surface area contributed by atoms with Gasteiger partial charge in [0.2, 0.25) is 0 Å². The van der Waals surface area contributed by atoms with Crippen molar-refractivity contribution in [1.29, 1.82) is 0 Å². The summed E-state index contributed by atoms with van der Waals surface area (Å²) in [5, 5.41) is 0. The molecule has 4 heteroatoms. The summed E-state index contributed by atoms with van der Waals surface area (Å²) in [5.74, 6) is 0. The minimum atomic E-state index is 0. The summed E-state index contributed by atoms with van der Waals surface area (Å²) in [5.41, 5.74) is 0. The first-order chi connectivity index (χ1) is 0. The molecule has 0 nitrogen and oxygen atoms in total. The molecule has 0 fully saturated rings. The van der Waals surface area contributed by atoms with Gasteiger partial charge < -0.3 is 0 Å². The van der Waals surface area contributed by atoms with Gasteiger partial charge in [-0.25, -0.2) is 0 Å². The minimum absolute atomic E-state index is 0. The summed E-state index contributed by atoms with van der Waals surface area (Å²) in [6.45, 7) is 0. The summed E-state index contributed by atoms with van der Waals surface area (Å²) in [7, 11) is 0. The van der Waals surface area contributed by atoms with E-state index in [0.29, 0.717) is 0 Å². The van der Waals surface area contributed by atoms with Crippen LogP contribution in [-0.2, 0) is 74.8 Å². The van der Waals surface area contributed by atoms with Gasteiger partial charge in [0.25, 0.3) is 0 Å². The molecular formula is AgCrNiV. The Kier molecular flexibility index (Phi) is 151. The first-order valence-electron chi connectivity index (χ1n) is 0. The maximum absolute atomic E-state index is 0. The summed E-state index contributed by atoms with van der Waals surface area (Å²) in [6, 6.07) is 0. The molecule has 0 spiro atoms. The molecule has 0 saturated carbocycles. The van der Waals surface area contributed by atoms with Crippen molar-refractivity contribution in [3.63, 3.8) is 0 Å². The molecule has 0 aliphatic heterocycles. The number of hydrogen-bond donors (Lipinski definition) is 0. The maximum atomic E-state index is 0. The summed E-state index contributed by atoms with van der Waals surface area (Å²) >= 11 is 0. The van der Waals surface area contributed by atoms with E-state index < -0.39 is 0 Å². The van der Waals surface area contributed by atoms with E-state index in [0.717, 1.165) is 0 Å². The Balaban J connectivity index is 0. The van der Waals surface area contributed by atoms with Crippen molar-refractivity contribution in [1.82, 2.24) is 0 Å². The van der Waals surface area contributed by atoms with E-state index in [4.69, 9.17) is 0 Å². The van der Waals surface area contributed by atoms with Crippen LogP contribution in [0.1, 0.15) is 0 Å². The first kappa shape index (κ1) is 32.9. The predicted octanol–water partition coefficient (Wildman–Crippen LogP) is -0.0100. The van der Waals surface area contributed by atoms with Gasteiger partial charge in [-0.15, -0.1) is 0 Å². The Labute approximate surface area is 73.9 Å². The molecule has 2 radical (unpaired) electrons. The van der Waals surface area contributed by atoms with Gasteiger partial charge >= 0.3 is 0 Å². The minimum Gasteiger partial charge on any atom is 0 e. The second kappa shape index (κ2) is 18.3. The van der Waals surface area contributed by atoms with Crippen LogP contribution < -0.4 is 0 Å². The molecule has 0 aliphatic carbocycles. The largest absolute Gasteiger partial charge is 0 e. The van der Waals surface area contributed by atoms with Crippen molar-refractivity contribution >= 4 is 0 Å². The summed E-state index contributed by atoms with van der Waals surface area (Å²) < 4.78 is 0. The van der Waals surface area contributed by atoms with Crippen LogP contribution in [0.25, 0.3) is 0 Å². The monoisotopic (exact) mass is 268 g/mol. The molecule has 0 aromatic heterocycles. The van der Waals surface area contributed by atoms with E-state index in [2.05, 4.69) is 0 Å². The van der Waals surface area contributed by atoms with Crippen molar-refractivity contribution in [2.45, 2.75) is 0 Å². The molecule has 0 aliphatic rings. The van der Waals surface area contributed by atoms with Gasteiger partial charge in [0, 0.05) is 74.8 Å². The maximum Gasteiger partial charge on any atom is 0 e. The third-order valence-electron chi connectivity index (χ3n) is 0. The Morgan fingerprint density at radius 1 is 1.00 bits per heavy atom. The Morgan fingerprint density at radius 2 is 1.00 bits per heavy atom. The molecule has 0 aromatic carbocycles. The fourth-order valence-corrected chi connectivity index (χ4v) is 0. The van der Waals surface area contributed by atoms with Gasteiger partial charge in [0.05, 0.1) is 0 Å². The average Bonchev–Trinajstić information content (AvgIpc) is 0. The zero-order valence-corrected chi connectivity index (χ0v) is 6.61. The van der Waals surface area contributed by atoms with Crippen LogP contribution in [0.3, 0.4) is 0 Å². The Bertz CT molecular complexity index is 8.00. The molecule has 0 heterocycles. The van der Waals surface area contributed by atoms with Crippen LogP contribution in [0.4, 0.5) is 0 Å². The number of hydrogen-bond acceptors (Lipinski definition) is 0. The third-order valence-corrected chi connectivity index (χ3v) is 0. The van der Waals surface area contributed by atoms with Gasteiger partial charge in [-0.1, -0.05) is 0 Å². The van der Waals surface area contributed by atoms with Crippen LogP contribution >= 0.6 is 0 Å². The summed E-state index contributed by atoms with van der Waals surface area (Å²) in [6.07, 6.45) is 0. The van der Waals surface area contributed by atoms with Crippen LogP contribution in [0.2, 0.25) is 0 Å². The van der Waals surface area contributed by atoms with Crippen LogP contribution in [0.5, 0.6) is 0 Å². The molecule has 0 atom stereocenters. The van der Waals surface area contributed by atoms with E-state index in [-0.39, 0.29) is 74.8 Å². The van der Waals surface area contributed by atoms with E-state index in [1.165, 1.54) is 0 Å². The molecule has 0 unspecified atom stereocenters. The van der Waals surface area contributed by atoms with Crippen molar-refractivity contribution < 1.29 is 74.8 Å². The van der Waals surface area contributed by atoms with Gasteiger partial charge in [-0.3, -0.25) is 0 Å². The second-order valence-electron chi connectivity index (χ2n) is 0. The summed E-state index contributed by atoms with van der Waals surface area (Å²) in [4.78, 5) is 0. The fourth-order valence-electron chi connectivity index (χ4n) is 0. The van der Waals surface area contributed by atoms with Crippen molar-refractivity contribution in [2.75, 3.05) is 0 Å². The van der Waals surface area contributed by atoms with Gasteiger partial charge in [0.15, 0.2) is 0 Å². The molecule has 0 N–H and O–H groups in total. The number of rotatable bonds is 0. The van der Waals surface area contributed by atoms with Gasteiger partial charge in [-0.2, -0.15) is 0 Å². The van der Waals surface area contributed by atoms with Crippen molar-refractivity contribution in [3.05, 3.63) is 0 Å². The first-order valence-corrected chi connectivity index (χ1v) is 0. The predicted molar refractivity (Wildman–Crippen MR) is 0 cm³/mol. The van der Waals surface area contributed by atoms with Crippen LogP contribution in [0, 0.1) is 0 Å². The molecule has 32 valence electrons. The normalized spacial score (nSPS) is 0. The molecule has 0 rings (SSSR count). The third kappa shape index (κ3) is 8.84. The van der Waals surface area contributed by atoms with E-state index in [1.807, 2.05) is 0 Å². The molecular weight excluding hydrogens is 270 g/mol. The van der Waals surface area contributed by atoms with Crippen LogP contribution in [-0.4, -0.2) is 0 Å². The molecule has 4 heavy (non-hydrogen) atoms. The van der Waals surface area contributed by atoms with Gasteiger partial charge in [-0.05, 0) is 0 Å². The quantitative estimate of drug-likeness (QED) is 0.543. The smallest absolute Gasteiger partial charge is 0 e. The van der Waals surface area contributed by atoms with E-state index in [1.54, 1.807) is 0 Å². The average molecular weight is 270 g/mol. The van der Waals surface area contributed by atoms with E-state index in [9.17, 15) is 0 Å². The Morgan fingerprint density at radius 3 is 1.00 bits per heavy atom. The second-order valence-corrected chi connectivity index (χ2v) is 0. The SMILES string of the molecule is [Ag].[Cr].[Ni].[V]. The zero-order valence-electron chi connectivity index (χ0n) is 1.47.